The van der Waals surface area contributed by atoms with Crippen LogP contribution >= 0.6 is 11.8 Å². The molecule has 0 unspecified atom stereocenters. The van der Waals surface area contributed by atoms with E-state index in [9.17, 15) is 13.0 Å². The highest BCUT2D eigenvalue weighted by Gasteiger charge is 2.23. The zero-order valence-corrected chi connectivity index (χ0v) is 20.9. The van der Waals surface area contributed by atoms with Crippen molar-refractivity contribution in [3.05, 3.63) is 101 Å². The van der Waals surface area contributed by atoms with Crippen LogP contribution in [-0.4, -0.2) is 20.0 Å². The molecule has 0 saturated heterocycles. The van der Waals surface area contributed by atoms with Crippen molar-refractivity contribution in [2.45, 2.75) is 30.2 Å². The van der Waals surface area contributed by atoms with Gasteiger partial charge in [-0.15, -0.1) is 0 Å². The molecular weight excluding hydrogens is 464 g/mol. The van der Waals surface area contributed by atoms with Crippen molar-refractivity contribution in [3.8, 4) is 0 Å². The second kappa shape index (κ2) is 10.0. The molecule has 1 aromatic heterocycles. The predicted octanol–water partition coefficient (Wildman–Crippen LogP) is 5.59. The summed E-state index contributed by atoms with van der Waals surface area (Å²) in [6, 6.07) is 27.3. The third kappa shape index (κ3) is 5.17. The Morgan fingerprint density at radius 3 is 2.29 bits per heavy atom. The number of aromatic nitrogens is 1. The molecule has 0 spiro atoms. The summed E-state index contributed by atoms with van der Waals surface area (Å²) in [5, 5.41) is 2.55. The van der Waals surface area contributed by atoms with Gasteiger partial charge >= 0.3 is 0 Å². The lowest BCUT2D eigenvalue weighted by molar-refractivity contribution is -0.669. The van der Waals surface area contributed by atoms with E-state index in [0.29, 0.717) is 0 Å². The lowest BCUT2D eigenvalue weighted by Gasteiger charge is -2.13. The number of anilines is 1. The van der Waals surface area contributed by atoms with E-state index in [2.05, 4.69) is 90.2 Å². The second-order valence-corrected chi connectivity index (χ2v) is 10.4. The first-order valence-corrected chi connectivity index (χ1v) is 13.2. The monoisotopic (exact) mass is 490 g/mol. The quantitative estimate of drug-likeness (QED) is 0.277. The zero-order valence-electron chi connectivity index (χ0n) is 19.3. The molecule has 5 rings (SSSR count). The summed E-state index contributed by atoms with van der Waals surface area (Å²) in [4.78, 5) is 3.42. The van der Waals surface area contributed by atoms with Gasteiger partial charge in [-0.25, -0.2) is 8.42 Å². The minimum absolute atomic E-state index is 0.178. The Labute approximate surface area is 205 Å². The van der Waals surface area contributed by atoms with E-state index in [4.69, 9.17) is 0 Å². The minimum atomic E-state index is -4.27. The topological polar surface area (TPSA) is 64.3 Å². The highest BCUT2D eigenvalue weighted by Crippen LogP contribution is 2.45. The molecular formula is C27H26N2O3S2. The highest BCUT2D eigenvalue weighted by molar-refractivity contribution is 8.03. The smallest absolute Gasteiger partial charge is 0.212 e. The number of fused-ring (bicyclic) bond motifs is 2. The summed E-state index contributed by atoms with van der Waals surface area (Å²) in [6.45, 7) is 4.98. The molecule has 0 radical (unpaired) electrons. The summed E-state index contributed by atoms with van der Waals surface area (Å²) in [5.41, 5.74) is 4.74. The molecule has 0 bridgehead atoms. The normalized spacial score (nSPS) is 14.1. The molecule has 174 valence electrons. The van der Waals surface area contributed by atoms with E-state index in [1.165, 1.54) is 44.3 Å². The molecule has 5 nitrogen and oxygen atoms in total. The molecule has 7 heteroatoms. The van der Waals surface area contributed by atoms with E-state index >= 15 is 0 Å². The van der Waals surface area contributed by atoms with Gasteiger partial charge in [0.15, 0.2) is 0 Å². The number of nitrogens with zero attached hydrogens (tertiary/aromatic N) is 2. The Hall–Kier alpha value is -3.13. The summed E-state index contributed by atoms with van der Waals surface area (Å²) < 4.78 is 33.5. The average Bonchev–Trinajstić information content (AvgIpc) is 3.14. The molecule has 1 aliphatic rings. The van der Waals surface area contributed by atoms with Crippen molar-refractivity contribution in [1.82, 2.24) is 0 Å². The maximum Gasteiger partial charge on any atom is 0.212 e. The first-order valence-electron chi connectivity index (χ1n) is 10.9. The van der Waals surface area contributed by atoms with Gasteiger partial charge in [-0.1, -0.05) is 53.7 Å². The molecule has 1 aliphatic heterocycles. The molecule has 3 aromatic carbocycles. The van der Waals surface area contributed by atoms with Crippen molar-refractivity contribution < 1.29 is 17.5 Å². The fourth-order valence-electron chi connectivity index (χ4n) is 3.84. The molecule has 2 heterocycles. The number of pyridine rings is 1. The first-order chi connectivity index (χ1) is 16.3. The van der Waals surface area contributed by atoms with Crippen molar-refractivity contribution in [3.63, 3.8) is 0 Å². The Kier molecular flexibility index (Phi) is 7.07. The average molecular weight is 491 g/mol. The van der Waals surface area contributed by atoms with E-state index in [1.54, 1.807) is 12.1 Å². The lowest BCUT2D eigenvalue weighted by atomic mass is 10.2. The van der Waals surface area contributed by atoms with Crippen molar-refractivity contribution >= 4 is 44.5 Å². The molecule has 34 heavy (non-hydrogen) atoms. The maximum atomic E-state index is 10.4. The molecule has 4 aromatic rings. The third-order valence-electron chi connectivity index (χ3n) is 5.64. The van der Waals surface area contributed by atoms with Crippen LogP contribution in [0.2, 0.25) is 0 Å². The first kappa shape index (κ1) is 24.0. The Balaban J connectivity index is 0.000000210. The lowest BCUT2D eigenvalue weighted by Crippen LogP contribution is -2.36. The summed E-state index contributed by atoms with van der Waals surface area (Å²) in [5.74, 6) is 0. The highest BCUT2D eigenvalue weighted by atomic mass is 32.2. The van der Waals surface area contributed by atoms with E-state index in [0.717, 1.165) is 12.1 Å². The van der Waals surface area contributed by atoms with E-state index < -0.39 is 10.1 Å². The third-order valence-corrected chi connectivity index (χ3v) is 7.66. The number of hydrogen-bond acceptors (Lipinski definition) is 5. The standard InChI is InChI=1S/C20H19N2S.C7H8O3S/c1-3-22-16(13-12-15-8-4-5-9-17(15)22)14-20-21(2)18-10-6-7-11-19(18)23-20;1-6-2-4-7(5-3-6)11(8,9)10/h4-14H,3H2,1-2H3;2-5H,1H3,(H,8,9,10)/q+1;/p-1. The van der Waals surface area contributed by atoms with Gasteiger partial charge < -0.3 is 9.45 Å². The van der Waals surface area contributed by atoms with Crippen LogP contribution in [0.5, 0.6) is 0 Å². The van der Waals surface area contributed by atoms with Gasteiger partial charge in [0.05, 0.1) is 15.6 Å². The largest absolute Gasteiger partial charge is 0.744 e. The Morgan fingerprint density at radius 2 is 1.62 bits per heavy atom. The molecule has 0 amide bonds. The number of hydrogen-bond donors (Lipinski definition) is 0. The SMILES string of the molecule is CC[n+]1c(C=C2Sc3ccccc3N2C)ccc2ccccc21.Cc1ccc(S(=O)(=O)[O-])cc1. The van der Waals surface area contributed by atoms with Crippen molar-refractivity contribution in [2.24, 2.45) is 0 Å². The number of benzene rings is 3. The second-order valence-electron chi connectivity index (χ2n) is 7.94. The van der Waals surface area contributed by atoms with Crippen molar-refractivity contribution in [1.29, 1.82) is 0 Å². The predicted molar refractivity (Wildman–Crippen MR) is 138 cm³/mol. The van der Waals surface area contributed by atoms with Gasteiger partial charge in [-0.2, -0.15) is 4.57 Å². The van der Waals surface area contributed by atoms with Gasteiger partial charge in [0.2, 0.25) is 11.2 Å². The summed E-state index contributed by atoms with van der Waals surface area (Å²) in [7, 11) is -2.13. The van der Waals surface area contributed by atoms with Crippen LogP contribution in [0.25, 0.3) is 17.0 Å². The molecule has 0 atom stereocenters. The van der Waals surface area contributed by atoms with Crippen LogP contribution in [0.1, 0.15) is 18.2 Å². The van der Waals surface area contributed by atoms with E-state index in [1.807, 2.05) is 18.7 Å². The van der Waals surface area contributed by atoms with Gasteiger partial charge in [0.1, 0.15) is 16.7 Å². The number of thioether (sulfide) groups is 1. The molecule has 0 N–H and O–H groups in total. The molecule has 0 aliphatic carbocycles. The van der Waals surface area contributed by atoms with Gasteiger partial charge in [-0.05, 0) is 50.2 Å². The van der Waals surface area contributed by atoms with Gasteiger partial charge in [0.25, 0.3) is 0 Å². The molecule has 0 saturated carbocycles. The summed E-state index contributed by atoms with van der Waals surface area (Å²) in [6.07, 6.45) is 2.29. The van der Waals surface area contributed by atoms with Gasteiger partial charge in [0, 0.05) is 35.5 Å². The maximum absolute atomic E-state index is 10.4. The Morgan fingerprint density at radius 1 is 0.941 bits per heavy atom. The van der Waals surface area contributed by atoms with Gasteiger partial charge in [-0.3, -0.25) is 0 Å². The Bertz CT molecular complexity index is 1460. The minimum Gasteiger partial charge on any atom is -0.744 e. The van der Waals surface area contributed by atoms with Crippen LogP contribution in [0.15, 0.2) is 99.7 Å². The van der Waals surface area contributed by atoms with Crippen LogP contribution in [-0.2, 0) is 16.7 Å². The fraction of sp³-hybridized carbons (Fsp3) is 0.148. The summed E-state index contributed by atoms with van der Waals surface area (Å²) >= 11 is 1.84. The van der Waals surface area contributed by atoms with E-state index in [-0.39, 0.29) is 4.90 Å². The molecule has 0 fully saturated rings. The van der Waals surface area contributed by atoms with Crippen LogP contribution < -0.4 is 9.47 Å². The number of aryl methyl sites for hydroxylation is 2. The van der Waals surface area contributed by atoms with Crippen LogP contribution in [0, 0.1) is 6.92 Å². The number of rotatable bonds is 3. The van der Waals surface area contributed by atoms with Crippen LogP contribution in [0.3, 0.4) is 0 Å². The number of para-hydroxylation sites is 2. The fourth-order valence-corrected chi connectivity index (χ4v) is 5.40. The van der Waals surface area contributed by atoms with Crippen molar-refractivity contribution in [2.75, 3.05) is 11.9 Å². The zero-order chi connectivity index (χ0) is 24.3. The van der Waals surface area contributed by atoms with Crippen LogP contribution in [0.4, 0.5) is 5.69 Å².